The Bertz CT molecular complexity index is 268. The van der Waals surface area contributed by atoms with Crippen LogP contribution >= 0.6 is 43.2 Å². The van der Waals surface area contributed by atoms with Gasteiger partial charge in [0.1, 0.15) is 0 Å². The fourth-order valence-corrected chi connectivity index (χ4v) is 3.97. The third-order valence-corrected chi connectivity index (χ3v) is 4.92. The maximum atomic E-state index is 3.74. The Morgan fingerprint density at radius 1 is 1.43 bits per heavy atom. The van der Waals surface area contributed by atoms with Crippen molar-refractivity contribution < 1.29 is 0 Å². The minimum Gasteiger partial charge on any atom is -0.148 e. The molecule has 0 nitrogen and oxygen atoms in total. The van der Waals surface area contributed by atoms with Crippen LogP contribution < -0.4 is 0 Å². The van der Waals surface area contributed by atoms with Gasteiger partial charge in [0.25, 0.3) is 0 Å². The van der Waals surface area contributed by atoms with Crippen LogP contribution in [0, 0.1) is 5.92 Å². The Balaban J connectivity index is 2.30. The molecule has 1 heterocycles. The van der Waals surface area contributed by atoms with Crippen LogP contribution in [0.15, 0.2) is 15.9 Å². The molecule has 0 bridgehead atoms. The van der Waals surface area contributed by atoms with E-state index in [1.54, 1.807) is 0 Å². The van der Waals surface area contributed by atoms with Crippen molar-refractivity contribution in [2.75, 3.05) is 0 Å². The largest absolute Gasteiger partial charge is 0.148 e. The number of hydrogen-bond donors (Lipinski definition) is 0. The van der Waals surface area contributed by atoms with Crippen molar-refractivity contribution in [3.8, 4) is 0 Å². The summed E-state index contributed by atoms with van der Waals surface area (Å²) in [7, 11) is 0. The predicted octanol–water partition coefficient (Wildman–Crippen LogP) is 5.25. The van der Waals surface area contributed by atoms with Gasteiger partial charge >= 0.3 is 0 Å². The summed E-state index contributed by atoms with van der Waals surface area (Å²) in [4.78, 5) is 2.13. The molecule has 14 heavy (non-hydrogen) atoms. The molecule has 1 aromatic heterocycles. The lowest BCUT2D eigenvalue weighted by atomic mass is 10.0. The van der Waals surface area contributed by atoms with Gasteiger partial charge in [0.2, 0.25) is 0 Å². The molecule has 3 heteroatoms. The van der Waals surface area contributed by atoms with E-state index in [1.165, 1.54) is 28.6 Å². The average molecular weight is 340 g/mol. The van der Waals surface area contributed by atoms with Crippen LogP contribution in [-0.4, -0.2) is 4.83 Å². The molecule has 0 aliphatic heterocycles. The first kappa shape index (κ1) is 12.7. The maximum Gasteiger partial charge on any atom is 0.0314 e. The van der Waals surface area contributed by atoms with Gasteiger partial charge in [-0.15, -0.1) is 11.3 Å². The molecule has 0 N–H and O–H groups in total. The van der Waals surface area contributed by atoms with Crippen molar-refractivity contribution in [1.82, 2.24) is 0 Å². The number of alkyl halides is 1. The summed E-state index contributed by atoms with van der Waals surface area (Å²) >= 11 is 9.14. The van der Waals surface area contributed by atoms with E-state index in [0.717, 1.165) is 5.92 Å². The number of halogens is 2. The molecule has 0 radical (unpaired) electrons. The van der Waals surface area contributed by atoms with Gasteiger partial charge in [-0.3, -0.25) is 0 Å². The van der Waals surface area contributed by atoms with E-state index in [9.17, 15) is 0 Å². The second kappa shape index (κ2) is 6.29. The third-order valence-electron chi connectivity index (χ3n) is 2.10. The zero-order valence-electron chi connectivity index (χ0n) is 8.59. The van der Waals surface area contributed by atoms with E-state index in [-0.39, 0.29) is 0 Å². The molecule has 0 aromatic carbocycles. The number of hydrogen-bond acceptors (Lipinski definition) is 1. The molecule has 0 saturated carbocycles. The quantitative estimate of drug-likeness (QED) is 0.642. The molecule has 0 spiro atoms. The van der Waals surface area contributed by atoms with Crippen molar-refractivity contribution in [2.45, 2.75) is 37.9 Å². The first-order valence-corrected chi connectivity index (χ1v) is 7.54. The lowest BCUT2D eigenvalue weighted by Gasteiger charge is -2.11. The summed E-state index contributed by atoms with van der Waals surface area (Å²) in [6, 6.07) is 2.13. The van der Waals surface area contributed by atoms with Gasteiger partial charge in [0.15, 0.2) is 0 Å². The van der Waals surface area contributed by atoms with Crippen LogP contribution in [0.4, 0.5) is 0 Å². The highest BCUT2D eigenvalue weighted by Gasteiger charge is 2.08. The van der Waals surface area contributed by atoms with Gasteiger partial charge in [0, 0.05) is 14.2 Å². The molecular weight excluding hydrogens is 324 g/mol. The maximum absolute atomic E-state index is 3.74. The Morgan fingerprint density at radius 2 is 2.14 bits per heavy atom. The van der Waals surface area contributed by atoms with Gasteiger partial charge in [-0.1, -0.05) is 29.8 Å². The molecule has 1 aromatic rings. The Labute approximate surface area is 107 Å². The average Bonchev–Trinajstić information content (AvgIpc) is 2.46. The summed E-state index contributed by atoms with van der Waals surface area (Å²) < 4.78 is 1.27. The molecule has 0 amide bonds. The minimum absolute atomic E-state index is 0.663. The monoisotopic (exact) mass is 338 g/mol. The van der Waals surface area contributed by atoms with E-state index < -0.39 is 0 Å². The second-order valence-corrected chi connectivity index (χ2v) is 7.11. The van der Waals surface area contributed by atoms with Gasteiger partial charge in [-0.25, -0.2) is 0 Å². The molecule has 80 valence electrons. The second-order valence-electron chi connectivity index (χ2n) is 3.96. The summed E-state index contributed by atoms with van der Waals surface area (Å²) in [5, 5.41) is 2.14. The summed E-state index contributed by atoms with van der Waals surface area (Å²) in [6.45, 7) is 4.55. The van der Waals surface area contributed by atoms with E-state index in [2.05, 4.69) is 57.2 Å². The zero-order valence-corrected chi connectivity index (χ0v) is 12.6. The minimum atomic E-state index is 0.663. The Kier molecular flexibility index (Phi) is 5.72. The van der Waals surface area contributed by atoms with Crippen molar-refractivity contribution in [1.29, 1.82) is 0 Å². The lowest BCUT2D eigenvalue weighted by Crippen LogP contribution is -2.03. The van der Waals surface area contributed by atoms with Gasteiger partial charge in [0.05, 0.1) is 0 Å². The molecule has 0 aliphatic rings. The molecule has 1 unspecified atom stereocenters. The Hall–Kier alpha value is 0.660. The first-order valence-electron chi connectivity index (χ1n) is 4.95. The summed E-state index contributed by atoms with van der Waals surface area (Å²) in [6.07, 6.45) is 3.68. The molecule has 0 fully saturated rings. The van der Waals surface area contributed by atoms with Crippen LogP contribution in [0.1, 0.15) is 31.6 Å². The van der Waals surface area contributed by atoms with Crippen molar-refractivity contribution in [2.24, 2.45) is 5.92 Å². The lowest BCUT2D eigenvalue weighted by molar-refractivity contribution is 0.555. The zero-order chi connectivity index (χ0) is 10.6. The van der Waals surface area contributed by atoms with Crippen LogP contribution in [-0.2, 0) is 6.42 Å². The third kappa shape index (κ3) is 4.45. The topological polar surface area (TPSA) is 0 Å². The highest BCUT2D eigenvalue weighted by Crippen LogP contribution is 2.26. The normalized spacial score (nSPS) is 13.5. The van der Waals surface area contributed by atoms with Crippen LogP contribution in [0.5, 0.6) is 0 Å². The fraction of sp³-hybridized carbons (Fsp3) is 0.636. The predicted molar refractivity (Wildman–Crippen MR) is 72.5 cm³/mol. The number of thiophene rings is 1. The van der Waals surface area contributed by atoms with Gasteiger partial charge in [-0.2, -0.15) is 0 Å². The van der Waals surface area contributed by atoms with E-state index in [1.807, 2.05) is 11.3 Å². The molecule has 1 rings (SSSR count). The van der Waals surface area contributed by atoms with Crippen LogP contribution in [0.2, 0.25) is 0 Å². The van der Waals surface area contributed by atoms with Crippen LogP contribution in [0.3, 0.4) is 0 Å². The summed E-state index contributed by atoms with van der Waals surface area (Å²) in [5.74, 6) is 0.783. The van der Waals surface area contributed by atoms with E-state index in [0.29, 0.717) is 4.83 Å². The molecule has 0 aliphatic carbocycles. The van der Waals surface area contributed by atoms with Gasteiger partial charge in [-0.05, 0) is 52.6 Å². The first-order chi connectivity index (χ1) is 6.59. The number of rotatable bonds is 5. The fourth-order valence-electron chi connectivity index (χ4n) is 1.42. The standard InChI is InChI=1S/C11H16Br2S/c1-8(2)7-9(12)3-4-11-10(13)5-6-14-11/h5-6,8-9H,3-4,7H2,1-2H3. The highest BCUT2D eigenvalue weighted by atomic mass is 79.9. The molecular formula is C11H16Br2S. The van der Waals surface area contributed by atoms with Crippen molar-refractivity contribution in [3.63, 3.8) is 0 Å². The van der Waals surface area contributed by atoms with Crippen molar-refractivity contribution >= 4 is 43.2 Å². The SMILES string of the molecule is CC(C)CC(Br)CCc1sccc1Br. The van der Waals surface area contributed by atoms with Crippen LogP contribution in [0.25, 0.3) is 0 Å². The highest BCUT2D eigenvalue weighted by molar-refractivity contribution is 9.10. The summed E-state index contributed by atoms with van der Waals surface area (Å²) in [5.41, 5.74) is 0. The molecule has 0 saturated heterocycles. The Morgan fingerprint density at radius 3 is 2.64 bits per heavy atom. The smallest absolute Gasteiger partial charge is 0.0314 e. The molecule has 1 atom stereocenters. The van der Waals surface area contributed by atoms with E-state index in [4.69, 9.17) is 0 Å². The van der Waals surface area contributed by atoms with Crippen molar-refractivity contribution in [3.05, 3.63) is 20.8 Å². The van der Waals surface area contributed by atoms with Gasteiger partial charge < -0.3 is 0 Å². The number of aryl methyl sites for hydroxylation is 1. The van der Waals surface area contributed by atoms with E-state index >= 15 is 0 Å².